The number of hydrogen-bond acceptors (Lipinski definition) is 4. The quantitative estimate of drug-likeness (QED) is 0.775. The van der Waals surface area contributed by atoms with Crippen LogP contribution in [0.15, 0.2) is 0 Å². The second-order valence-electron chi connectivity index (χ2n) is 4.05. The molecule has 4 heteroatoms. The van der Waals surface area contributed by atoms with E-state index in [1.54, 1.807) is 11.3 Å². The average Bonchev–Trinajstić information content (AvgIpc) is 2.70. The lowest BCUT2D eigenvalue weighted by molar-refractivity contribution is 0.0595. The summed E-state index contributed by atoms with van der Waals surface area (Å²) in [6, 6.07) is 0. The number of thiazole rings is 1. The number of aromatic nitrogens is 1. The van der Waals surface area contributed by atoms with Gasteiger partial charge in [0.2, 0.25) is 0 Å². The van der Waals surface area contributed by atoms with Gasteiger partial charge in [-0.1, -0.05) is 20.3 Å². The Morgan fingerprint density at radius 3 is 2.65 bits per heavy atom. The molecule has 0 aromatic carbocycles. The largest absolute Gasteiger partial charge is 0.371 e. The molecule has 1 aromatic heterocycles. The molecule has 1 aromatic rings. The first-order valence-electron chi connectivity index (χ1n) is 6.51. The predicted molar refractivity (Wildman–Crippen MR) is 73.5 cm³/mol. The smallest absolute Gasteiger partial charge is 0.122 e. The van der Waals surface area contributed by atoms with E-state index in [2.05, 4.69) is 19.2 Å². The van der Waals surface area contributed by atoms with Crippen LogP contribution in [0.1, 0.15) is 55.3 Å². The maximum absolute atomic E-state index is 5.73. The van der Waals surface area contributed by atoms with Crippen molar-refractivity contribution in [1.29, 1.82) is 0 Å². The molecule has 1 rings (SSSR count). The van der Waals surface area contributed by atoms with Gasteiger partial charge in [0.1, 0.15) is 11.1 Å². The third kappa shape index (κ3) is 4.05. The van der Waals surface area contributed by atoms with Crippen LogP contribution in [-0.4, -0.2) is 18.6 Å². The Morgan fingerprint density at radius 1 is 1.35 bits per heavy atom. The van der Waals surface area contributed by atoms with Crippen molar-refractivity contribution in [1.82, 2.24) is 10.3 Å². The van der Waals surface area contributed by atoms with E-state index in [1.807, 2.05) is 14.0 Å². The summed E-state index contributed by atoms with van der Waals surface area (Å²) in [7, 11) is 1.98. The van der Waals surface area contributed by atoms with Gasteiger partial charge in [-0.15, -0.1) is 11.3 Å². The van der Waals surface area contributed by atoms with E-state index in [0.29, 0.717) is 0 Å². The van der Waals surface area contributed by atoms with Crippen LogP contribution in [0.25, 0.3) is 0 Å². The average molecular weight is 256 g/mol. The van der Waals surface area contributed by atoms with Crippen molar-refractivity contribution in [3.8, 4) is 0 Å². The van der Waals surface area contributed by atoms with Gasteiger partial charge in [-0.25, -0.2) is 4.98 Å². The molecule has 0 saturated heterocycles. The minimum Gasteiger partial charge on any atom is -0.371 e. The standard InChI is InChI=1S/C13H24N2OS/c1-5-8-10-12(9-14-4)17-13(15-10)11(6-2)16-7-3/h11,14H,5-9H2,1-4H3. The van der Waals surface area contributed by atoms with Crippen molar-refractivity contribution in [2.75, 3.05) is 13.7 Å². The number of nitrogens with zero attached hydrogens (tertiary/aromatic N) is 1. The Kier molecular flexibility index (Phi) is 6.70. The van der Waals surface area contributed by atoms with Crippen molar-refractivity contribution >= 4 is 11.3 Å². The molecule has 1 N–H and O–H groups in total. The SMILES string of the molecule is CCCc1nc(C(CC)OCC)sc1CNC. The molecule has 98 valence electrons. The van der Waals surface area contributed by atoms with Gasteiger partial charge >= 0.3 is 0 Å². The number of nitrogens with one attached hydrogen (secondary N) is 1. The second-order valence-corrected chi connectivity index (χ2v) is 5.17. The highest BCUT2D eigenvalue weighted by atomic mass is 32.1. The molecule has 0 aliphatic rings. The zero-order chi connectivity index (χ0) is 12.7. The molecule has 0 spiro atoms. The zero-order valence-electron chi connectivity index (χ0n) is 11.4. The molecule has 1 atom stereocenters. The van der Waals surface area contributed by atoms with Crippen LogP contribution in [0.5, 0.6) is 0 Å². The summed E-state index contributed by atoms with van der Waals surface area (Å²) in [4.78, 5) is 6.13. The number of rotatable bonds is 8. The third-order valence-electron chi connectivity index (χ3n) is 2.63. The third-order valence-corrected chi connectivity index (χ3v) is 3.82. The fourth-order valence-electron chi connectivity index (χ4n) is 1.84. The Labute approximate surface area is 109 Å². The molecule has 3 nitrogen and oxygen atoms in total. The predicted octanol–water partition coefficient (Wildman–Crippen LogP) is 3.30. The van der Waals surface area contributed by atoms with E-state index >= 15 is 0 Å². The van der Waals surface area contributed by atoms with E-state index in [9.17, 15) is 0 Å². The van der Waals surface area contributed by atoms with Crippen molar-refractivity contribution in [3.63, 3.8) is 0 Å². The monoisotopic (exact) mass is 256 g/mol. The summed E-state index contributed by atoms with van der Waals surface area (Å²) in [6.07, 6.45) is 3.37. The second kappa shape index (κ2) is 7.80. The molecule has 0 fully saturated rings. The van der Waals surface area contributed by atoms with E-state index in [-0.39, 0.29) is 6.10 Å². The summed E-state index contributed by atoms with van der Waals surface area (Å²) >= 11 is 1.80. The Bertz CT molecular complexity index is 302. The Morgan fingerprint density at radius 2 is 2.12 bits per heavy atom. The molecule has 0 amide bonds. The number of ether oxygens (including phenoxy) is 1. The van der Waals surface area contributed by atoms with Crippen LogP contribution >= 0.6 is 11.3 Å². The number of hydrogen-bond donors (Lipinski definition) is 1. The lowest BCUT2D eigenvalue weighted by Crippen LogP contribution is -2.05. The first-order chi connectivity index (χ1) is 8.26. The minimum atomic E-state index is 0.172. The van der Waals surface area contributed by atoms with Crippen LogP contribution < -0.4 is 5.32 Å². The van der Waals surface area contributed by atoms with E-state index in [0.717, 1.165) is 37.4 Å². The van der Waals surface area contributed by atoms with Gasteiger partial charge in [0.05, 0.1) is 5.69 Å². The first kappa shape index (κ1) is 14.6. The Hall–Kier alpha value is -0.450. The van der Waals surface area contributed by atoms with Gasteiger partial charge in [-0.3, -0.25) is 0 Å². The molecular weight excluding hydrogens is 232 g/mol. The summed E-state index contributed by atoms with van der Waals surface area (Å²) in [5.74, 6) is 0. The minimum absolute atomic E-state index is 0.172. The molecule has 0 aliphatic heterocycles. The van der Waals surface area contributed by atoms with Crippen molar-refractivity contribution < 1.29 is 4.74 Å². The molecule has 0 saturated carbocycles. The molecule has 0 bridgehead atoms. The summed E-state index contributed by atoms with van der Waals surface area (Å²) in [6.45, 7) is 8.05. The number of aryl methyl sites for hydroxylation is 1. The lowest BCUT2D eigenvalue weighted by Gasteiger charge is -2.11. The van der Waals surface area contributed by atoms with Gasteiger partial charge in [0.25, 0.3) is 0 Å². The zero-order valence-corrected chi connectivity index (χ0v) is 12.2. The van der Waals surface area contributed by atoms with E-state index in [1.165, 1.54) is 10.6 Å². The summed E-state index contributed by atoms with van der Waals surface area (Å²) in [5.41, 5.74) is 1.25. The molecule has 0 aliphatic carbocycles. The van der Waals surface area contributed by atoms with Crippen molar-refractivity contribution in [2.45, 2.75) is 52.7 Å². The van der Waals surface area contributed by atoms with Gasteiger partial charge in [0.15, 0.2) is 0 Å². The van der Waals surface area contributed by atoms with Crippen molar-refractivity contribution in [3.05, 3.63) is 15.6 Å². The summed E-state index contributed by atoms with van der Waals surface area (Å²) < 4.78 is 5.73. The van der Waals surface area contributed by atoms with Gasteiger partial charge < -0.3 is 10.1 Å². The van der Waals surface area contributed by atoms with Crippen molar-refractivity contribution in [2.24, 2.45) is 0 Å². The lowest BCUT2D eigenvalue weighted by atomic mass is 10.2. The molecule has 0 radical (unpaired) electrons. The topological polar surface area (TPSA) is 34.1 Å². The highest BCUT2D eigenvalue weighted by Crippen LogP contribution is 2.29. The van der Waals surface area contributed by atoms with E-state index in [4.69, 9.17) is 9.72 Å². The highest BCUT2D eigenvalue weighted by Gasteiger charge is 2.17. The van der Waals surface area contributed by atoms with Crippen LogP contribution in [0.3, 0.4) is 0 Å². The van der Waals surface area contributed by atoms with Crippen LogP contribution in [0.2, 0.25) is 0 Å². The summed E-state index contributed by atoms with van der Waals surface area (Å²) in [5, 5.41) is 4.36. The van der Waals surface area contributed by atoms with Gasteiger partial charge in [-0.2, -0.15) is 0 Å². The molecule has 17 heavy (non-hydrogen) atoms. The van der Waals surface area contributed by atoms with Crippen LogP contribution in [0.4, 0.5) is 0 Å². The molecular formula is C13H24N2OS. The Balaban J connectivity index is 2.88. The van der Waals surface area contributed by atoms with Crippen LogP contribution in [0, 0.1) is 0 Å². The fraction of sp³-hybridized carbons (Fsp3) is 0.769. The maximum Gasteiger partial charge on any atom is 0.122 e. The normalized spacial score (nSPS) is 12.9. The molecule has 1 heterocycles. The van der Waals surface area contributed by atoms with Gasteiger partial charge in [0, 0.05) is 18.0 Å². The fourth-order valence-corrected chi connectivity index (χ4v) is 3.09. The van der Waals surface area contributed by atoms with E-state index < -0.39 is 0 Å². The molecule has 1 unspecified atom stereocenters. The van der Waals surface area contributed by atoms with Gasteiger partial charge in [-0.05, 0) is 26.8 Å². The highest BCUT2D eigenvalue weighted by molar-refractivity contribution is 7.11. The van der Waals surface area contributed by atoms with Crippen LogP contribution in [-0.2, 0) is 17.7 Å². The first-order valence-corrected chi connectivity index (χ1v) is 7.33. The maximum atomic E-state index is 5.73.